The number of carbonyl (C=O) groups is 1. The maximum Gasteiger partial charge on any atom is 0.257 e. The predicted octanol–water partition coefficient (Wildman–Crippen LogP) is 3.36. The van der Waals surface area contributed by atoms with Gasteiger partial charge in [-0.25, -0.2) is 8.78 Å². The van der Waals surface area contributed by atoms with Crippen molar-refractivity contribution >= 4 is 17.3 Å². The average Bonchev–Trinajstić information content (AvgIpc) is 2.43. The van der Waals surface area contributed by atoms with E-state index >= 15 is 0 Å². The summed E-state index contributed by atoms with van der Waals surface area (Å²) in [4.78, 5) is 12.0. The van der Waals surface area contributed by atoms with Gasteiger partial charge in [-0.1, -0.05) is 19.1 Å². The summed E-state index contributed by atoms with van der Waals surface area (Å²) in [5, 5.41) is 2.59. The van der Waals surface area contributed by atoms with Crippen molar-refractivity contribution in [2.24, 2.45) is 0 Å². The number of aryl methyl sites for hydroxylation is 1. The number of benzene rings is 2. The Morgan fingerprint density at radius 1 is 1.15 bits per heavy atom. The highest BCUT2D eigenvalue weighted by molar-refractivity contribution is 6.07. The molecule has 0 aromatic heterocycles. The summed E-state index contributed by atoms with van der Waals surface area (Å²) in [5.41, 5.74) is 7.02. The van der Waals surface area contributed by atoms with Crippen molar-refractivity contribution in [2.45, 2.75) is 13.3 Å². The van der Waals surface area contributed by atoms with Crippen LogP contribution in [-0.4, -0.2) is 5.91 Å². The summed E-state index contributed by atoms with van der Waals surface area (Å²) in [6.07, 6.45) is 0.893. The third-order valence-corrected chi connectivity index (χ3v) is 2.96. The summed E-state index contributed by atoms with van der Waals surface area (Å²) in [6, 6.07) is 8.83. The van der Waals surface area contributed by atoms with E-state index in [9.17, 15) is 13.6 Å². The van der Waals surface area contributed by atoms with Crippen LogP contribution in [0.5, 0.6) is 0 Å². The lowest BCUT2D eigenvalue weighted by atomic mass is 10.1. The first-order chi connectivity index (χ1) is 9.51. The topological polar surface area (TPSA) is 55.1 Å². The highest BCUT2D eigenvalue weighted by atomic mass is 19.2. The fraction of sp³-hybridized carbons (Fsp3) is 0.133. The van der Waals surface area contributed by atoms with E-state index in [-0.39, 0.29) is 11.3 Å². The molecule has 104 valence electrons. The number of nitrogens with one attached hydrogen (secondary N) is 1. The fourth-order valence-electron chi connectivity index (χ4n) is 1.78. The number of halogens is 2. The summed E-state index contributed by atoms with van der Waals surface area (Å²) in [5.74, 6) is -2.76. The number of hydrogen-bond donors (Lipinski definition) is 2. The van der Waals surface area contributed by atoms with E-state index in [1.807, 2.05) is 19.1 Å². The molecule has 0 fully saturated rings. The Labute approximate surface area is 115 Å². The van der Waals surface area contributed by atoms with Gasteiger partial charge in [0.05, 0.1) is 5.56 Å². The molecule has 1 amide bonds. The molecule has 0 atom stereocenters. The zero-order chi connectivity index (χ0) is 14.7. The number of hydrogen-bond acceptors (Lipinski definition) is 2. The van der Waals surface area contributed by atoms with Gasteiger partial charge in [0, 0.05) is 17.4 Å². The molecule has 0 bridgehead atoms. The predicted molar refractivity (Wildman–Crippen MR) is 74.5 cm³/mol. The first-order valence-electron chi connectivity index (χ1n) is 6.16. The van der Waals surface area contributed by atoms with Crippen LogP contribution in [0.15, 0.2) is 36.4 Å². The molecule has 0 saturated carbocycles. The van der Waals surface area contributed by atoms with Gasteiger partial charge in [-0.05, 0) is 30.2 Å². The SMILES string of the molecule is CCc1ccc(NC(=O)c2cc(F)c(F)cc2N)cc1. The summed E-state index contributed by atoms with van der Waals surface area (Å²) < 4.78 is 26.1. The Morgan fingerprint density at radius 3 is 2.35 bits per heavy atom. The van der Waals surface area contributed by atoms with Gasteiger partial charge in [0.15, 0.2) is 11.6 Å². The molecule has 0 aliphatic carbocycles. The smallest absolute Gasteiger partial charge is 0.257 e. The number of amides is 1. The van der Waals surface area contributed by atoms with Gasteiger partial charge in [0.1, 0.15) is 0 Å². The normalized spacial score (nSPS) is 10.3. The zero-order valence-corrected chi connectivity index (χ0v) is 10.9. The van der Waals surface area contributed by atoms with Gasteiger partial charge < -0.3 is 11.1 Å². The zero-order valence-electron chi connectivity index (χ0n) is 10.9. The minimum Gasteiger partial charge on any atom is -0.398 e. The molecule has 2 aromatic carbocycles. The van der Waals surface area contributed by atoms with E-state index in [2.05, 4.69) is 5.32 Å². The average molecular weight is 276 g/mol. The van der Waals surface area contributed by atoms with Crippen molar-refractivity contribution < 1.29 is 13.6 Å². The Bertz CT molecular complexity index is 639. The van der Waals surface area contributed by atoms with Gasteiger partial charge in [0.2, 0.25) is 0 Å². The van der Waals surface area contributed by atoms with Crippen molar-refractivity contribution in [3.8, 4) is 0 Å². The van der Waals surface area contributed by atoms with Crippen LogP contribution in [0.3, 0.4) is 0 Å². The second-order valence-corrected chi connectivity index (χ2v) is 4.36. The molecular formula is C15H14F2N2O. The molecule has 3 nitrogen and oxygen atoms in total. The second-order valence-electron chi connectivity index (χ2n) is 4.36. The molecule has 0 aliphatic rings. The minimum absolute atomic E-state index is 0.0940. The van der Waals surface area contributed by atoms with E-state index in [0.717, 1.165) is 24.1 Å². The van der Waals surface area contributed by atoms with Crippen LogP contribution < -0.4 is 11.1 Å². The molecule has 5 heteroatoms. The van der Waals surface area contributed by atoms with Crippen molar-refractivity contribution in [3.05, 3.63) is 59.2 Å². The molecule has 0 saturated heterocycles. The van der Waals surface area contributed by atoms with Crippen molar-refractivity contribution in [3.63, 3.8) is 0 Å². The summed E-state index contributed by atoms with van der Waals surface area (Å²) in [7, 11) is 0. The first kappa shape index (κ1) is 14.0. The van der Waals surface area contributed by atoms with Crippen molar-refractivity contribution in [2.75, 3.05) is 11.1 Å². The molecule has 20 heavy (non-hydrogen) atoms. The standard InChI is InChI=1S/C15H14F2N2O/c1-2-9-3-5-10(6-4-9)19-15(20)11-7-12(16)13(17)8-14(11)18/h3-8H,2,18H2,1H3,(H,19,20). The number of anilines is 2. The minimum atomic E-state index is -1.11. The monoisotopic (exact) mass is 276 g/mol. The van der Waals surface area contributed by atoms with E-state index in [1.165, 1.54) is 0 Å². The van der Waals surface area contributed by atoms with Crippen LogP contribution in [0.2, 0.25) is 0 Å². The molecule has 0 spiro atoms. The highest BCUT2D eigenvalue weighted by Gasteiger charge is 2.14. The van der Waals surface area contributed by atoms with Crippen molar-refractivity contribution in [1.29, 1.82) is 0 Å². The quantitative estimate of drug-likeness (QED) is 0.844. The number of carbonyl (C=O) groups excluding carboxylic acids is 1. The molecule has 0 aliphatic heterocycles. The highest BCUT2D eigenvalue weighted by Crippen LogP contribution is 2.19. The van der Waals surface area contributed by atoms with E-state index in [0.29, 0.717) is 5.69 Å². The van der Waals surface area contributed by atoms with Crippen molar-refractivity contribution in [1.82, 2.24) is 0 Å². The van der Waals surface area contributed by atoms with Crippen LogP contribution in [-0.2, 0) is 6.42 Å². The van der Waals surface area contributed by atoms with E-state index in [4.69, 9.17) is 5.73 Å². The lowest BCUT2D eigenvalue weighted by molar-refractivity contribution is 0.102. The molecule has 3 N–H and O–H groups in total. The maximum absolute atomic E-state index is 13.1. The molecule has 0 radical (unpaired) electrons. The van der Waals surface area contributed by atoms with Crippen LogP contribution in [0.25, 0.3) is 0 Å². The third-order valence-electron chi connectivity index (χ3n) is 2.96. The van der Waals surface area contributed by atoms with Gasteiger partial charge in [-0.15, -0.1) is 0 Å². The van der Waals surface area contributed by atoms with E-state index < -0.39 is 17.5 Å². The largest absolute Gasteiger partial charge is 0.398 e. The van der Waals surface area contributed by atoms with Gasteiger partial charge in [-0.3, -0.25) is 4.79 Å². The van der Waals surface area contributed by atoms with Crippen LogP contribution in [0.4, 0.5) is 20.2 Å². The van der Waals surface area contributed by atoms with Gasteiger partial charge in [0.25, 0.3) is 5.91 Å². The number of rotatable bonds is 3. The maximum atomic E-state index is 13.1. The molecule has 2 rings (SSSR count). The van der Waals surface area contributed by atoms with Crippen LogP contribution in [0.1, 0.15) is 22.8 Å². The van der Waals surface area contributed by atoms with Crippen LogP contribution in [0, 0.1) is 11.6 Å². The number of nitrogen functional groups attached to an aromatic ring is 1. The van der Waals surface area contributed by atoms with Gasteiger partial charge >= 0.3 is 0 Å². The summed E-state index contributed by atoms with van der Waals surface area (Å²) >= 11 is 0. The van der Waals surface area contributed by atoms with Crippen LogP contribution >= 0.6 is 0 Å². The molecular weight excluding hydrogens is 262 g/mol. The third kappa shape index (κ3) is 2.93. The first-order valence-corrected chi connectivity index (χ1v) is 6.16. The fourth-order valence-corrected chi connectivity index (χ4v) is 1.78. The number of nitrogens with two attached hydrogens (primary N) is 1. The molecule has 0 unspecified atom stereocenters. The van der Waals surface area contributed by atoms with Gasteiger partial charge in [-0.2, -0.15) is 0 Å². The Kier molecular flexibility index (Phi) is 3.98. The Hall–Kier alpha value is -2.43. The lowest BCUT2D eigenvalue weighted by Crippen LogP contribution is -2.15. The Balaban J connectivity index is 2.21. The lowest BCUT2D eigenvalue weighted by Gasteiger charge is -2.08. The second kappa shape index (κ2) is 5.69. The van der Waals surface area contributed by atoms with E-state index in [1.54, 1.807) is 12.1 Å². The Morgan fingerprint density at radius 2 is 1.75 bits per heavy atom. The molecule has 0 heterocycles. The molecule has 2 aromatic rings. The summed E-state index contributed by atoms with van der Waals surface area (Å²) in [6.45, 7) is 2.02.